The van der Waals surface area contributed by atoms with Gasteiger partial charge in [0.2, 0.25) is 0 Å². The van der Waals surface area contributed by atoms with Crippen molar-refractivity contribution in [2.24, 2.45) is 0 Å². The SMILES string of the molecule is Cc1nc(C[C@@H]2NC(=O)NC2=O)n(C(C)(C)C)n1. The van der Waals surface area contributed by atoms with Crippen molar-refractivity contribution < 1.29 is 9.59 Å². The number of carbonyl (C=O) groups excluding carboxylic acids is 2. The van der Waals surface area contributed by atoms with E-state index in [1.54, 1.807) is 11.6 Å². The van der Waals surface area contributed by atoms with Gasteiger partial charge in [0.25, 0.3) is 5.91 Å². The minimum absolute atomic E-state index is 0.213. The first-order valence-electron chi connectivity index (χ1n) is 5.82. The number of aromatic nitrogens is 3. The monoisotopic (exact) mass is 251 g/mol. The topological polar surface area (TPSA) is 88.9 Å². The van der Waals surface area contributed by atoms with Crippen LogP contribution in [0.2, 0.25) is 0 Å². The molecule has 0 bridgehead atoms. The van der Waals surface area contributed by atoms with Crippen LogP contribution in [0.5, 0.6) is 0 Å². The number of carbonyl (C=O) groups is 2. The molecule has 0 aromatic carbocycles. The molecule has 1 saturated heterocycles. The van der Waals surface area contributed by atoms with Gasteiger partial charge in [-0.1, -0.05) is 0 Å². The lowest BCUT2D eigenvalue weighted by atomic mass is 10.1. The summed E-state index contributed by atoms with van der Waals surface area (Å²) in [6.45, 7) is 7.84. The molecular formula is C11H17N5O2. The van der Waals surface area contributed by atoms with Gasteiger partial charge in [-0.05, 0) is 27.7 Å². The van der Waals surface area contributed by atoms with E-state index >= 15 is 0 Å². The lowest BCUT2D eigenvalue weighted by Gasteiger charge is -2.21. The maximum atomic E-state index is 11.5. The van der Waals surface area contributed by atoms with Gasteiger partial charge in [0, 0.05) is 6.42 Å². The predicted octanol–water partition coefficient (Wildman–Crippen LogP) is 0.0920. The Hall–Kier alpha value is -1.92. The zero-order valence-electron chi connectivity index (χ0n) is 10.9. The van der Waals surface area contributed by atoms with Crippen LogP contribution in [0.4, 0.5) is 4.79 Å². The van der Waals surface area contributed by atoms with Crippen molar-refractivity contribution in [3.8, 4) is 0 Å². The van der Waals surface area contributed by atoms with Crippen LogP contribution in [0.1, 0.15) is 32.4 Å². The van der Waals surface area contributed by atoms with E-state index in [4.69, 9.17) is 0 Å². The Morgan fingerprint density at radius 1 is 1.33 bits per heavy atom. The second kappa shape index (κ2) is 4.08. The molecule has 1 fully saturated rings. The normalized spacial score (nSPS) is 19.9. The van der Waals surface area contributed by atoms with E-state index in [-0.39, 0.29) is 11.4 Å². The number of hydrogen-bond acceptors (Lipinski definition) is 4. The van der Waals surface area contributed by atoms with Crippen LogP contribution in [-0.4, -0.2) is 32.7 Å². The van der Waals surface area contributed by atoms with Gasteiger partial charge in [0.05, 0.1) is 5.54 Å². The molecule has 2 rings (SSSR count). The summed E-state index contributed by atoms with van der Waals surface area (Å²) < 4.78 is 1.79. The summed E-state index contributed by atoms with van der Waals surface area (Å²) in [6, 6.07) is -1.02. The van der Waals surface area contributed by atoms with E-state index in [1.807, 2.05) is 20.8 Å². The Bertz CT molecular complexity index is 500. The minimum atomic E-state index is -0.567. The van der Waals surface area contributed by atoms with E-state index in [9.17, 15) is 9.59 Å². The molecule has 98 valence electrons. The van der Waals surface area contributed by atoms with Gasteiger partial charge in [-0.3, -0.25) is 10.1 Å². The molecule has 0 spiro atoms. The van der Waals surface area contributed by atoms with Crippen molar-refractivity contribution in [2.45, 2.75) is 45.7 Å². The largest absolute Gasteiger partial charge is 0.326 e. The van der Waals surface area contributed by atoms with Crippen LogP contribution < -0.4 is 10.6 Å². The highest BCUT2D eigenvalue weighted by Crippen LogP contribution is 2.16. The average Bonchev–Trinajstić information content (AvgIpc) is 2.70. The third kappa shape index (κ3) is 2.34. The van der Waals surface area contributed by atoms with Crippen LogP contribution >= 0.6 is 0 Å². The van der Waals surface area contributed by atoms with Crippen molar-refractivity contribution in [3.05, 3.63) is 11.6 Å². The molecule has 0 radical (unpaired) electrons. The highest BCUT2D eigenvalue weighted by Gasteiger charge is 2.32. The first-order chi connectivity index (χ1) is 8.27. The average molecular weight is 251 g/mol. The quantitative estimate of drug-likeness (QED) is 0.729. The van der Waals surface area contributed by atoms with Gasteiger partial charge in [-0.25, -0.2) is 14.5 Å². The summed E-state index contributed by atoms with van der Waals surface area (Å²) in [5, 5.41) is 9.09. The second-order valence-electron chi connectivity index (χ2n) is 5.38. The molecule has 18 heavy (non-hydrogen) atoms. The molecule has 0 saturated carbocycles. The Morgan fingerprint density at radius 2 is 2.00 bits per heavy atom. The molecule has 2 heterocycles. The molecule has 3 amide bonds. The van der Waals surface area contributed by atoms with E-state index < -0.39 is 12.1 Å². The summed E-state index contributed by atoms with van der Waals surface area (Å²) in [5.74, 6) is 1.04. The number of aryl methyl sites for hydroxylation is 1. The fourth-order valence-corrected chi connectivity index (χ4v) is 1.91. The molecule has 1 aromatic heterocycles. The van der Waals surface area contributed by atoms with Crippen molar-refractivity contribution in [3.63, 3.8) is 0 Å². The maximum absolute atomic E-state index is 11.5. The Kier molecular flexibility index (Phi) is 2.84. The number of nitrogens with zero attached hydrogens (tertiary/aromatic N) is 3. The summed E-state index contributed by atoms with van der Waals surface area (Å²) in [5.41, 5.74) is -0.213. The molecular weight excluding hydrogens is 234 g/mol. The minimum Gasteiger partial charge on any atom is -0.326 e. The van der Waals surface area contributed by atoms with Gasteiger partial charge in [-0.2, -0.15) is 5.10 Å². The summed E-state index contributed by atoms with van der Waals surface area (Å²) >= 11 is 0. The Labute approximate surface area is 105 Å². The van der Waals surface area contributed by atoms with E-state index in [1.165, 1.54) is 0 Å². The van der Waals surface area contributed by atoms with Crippen molar-refractivity contribution in [1.29, 1.82) is 0 Å². The third-order valence-electron chi connectivity index (χ3n) is 2.66. The lowest BCUT2D eigenvalue weighted by molar-refractivity contribution is -0.120. The summed E-state index contributed by atoms with van der Waals surface area (Å²) in [4.78, 5) is 26.9. The zero-order valence-corrected chi connectivity index (χ0v) is 10.9. The van der Waals surface area contributed by atoms with Crippen molar-refractivity contribution >= 4 is 11.9 Å². The molecule has 0 unspecified atom stereocenters. The highest BCUT2D eigenvalue weighted by molar-refractivity contribution is 6.04. The predicted molar refractivity (Wildman–Crippen MR) is 63.9 cm³/mol. The first kappa shape index (κ1) is 12.5. The Balaban J connectivity index is 2.24. The second-order valence-corrected chi connectivity index (χ2v) is 5.38. The number of rotatable bonds is 2. The van der Waals surface area contributed by atoms with Crippen LogP contribution in [0.3, 0.4) is 0 Å². The number of urea groups is 1. The maximum Gasteiger partial charge on any atom is 0.322 e. The van der Waals surface area contributed by atoms with E-state index in [0.717, 1.165) is 0 Å². The van der Waals surface area contributed by atoms with Gasteiger partial charge in [0.15, 0.2) is 0 Å². The first-order valence-corrected chi connectivity index (χ1v) is 5.82. The molecule has 0 aliphatic carbocycles. The number of imide groups is 1. The van der Waals surface area contributed by atoms with Gasteiger partial charge < -0.3 is 5.32 Å². The van der Waals surface area contributed by atoms with Crippen molar-refractivity contribution in [1.82, 2.24) is 25.4 Å². The van der Waals surface area contributed by atoms with Crippen LogP contribution in [0, 0.1) is 6.92 Å². The van der Waals surface area contributed by atoms with Gasteiger partial charge in [-0.15, -0.1) is 0 Å². The standard InChI is InChI=1S/C11H17N5O2/c1-6-12-8(16(15-6)11(2,3)4)5-7-9(17)14-10(18)13-7/h7H,5H2,1-4H3,(H2,13,14,17,18)/t7-/m0/s1. The third-order valence-corrected chi connectivity index (χ3v) is 2.66. The van der Waals surface area contributed by atoms with Crippen LogP contribution in [-0.2, 0) is 16.8 Å². The molecule has 1 atom stereocenters. The molecule has 1 aliphatic heterocycles. The molecule has 7 nitrogen and oxygen atoms in total. The number of amides is 3. The van der Waals surface area contributed by atoms with Crippen LogP contribution in [0.15, 0.2) is 0 Å². The Morgan fingerprint density at radius 3 is 2.50 bits per heavy atom. The summed E-state index contributed by atoms with van der Waals surface area (Å²) in [6.07, 6.45) is 0.343. The van der Waals surface area contributed by atoms with E-state index in [2.05, 4.69) is 20.7 Å². The number of hydrogen-bond donors (Lipinski definition) is 2. The van der Waals surface area contributed by atoms with Gasteiger partial charge >= 0.3 is 6.03 Å². The molecule has 2 N–H and O–H groups in total. The molecule has 1 aliphatic rings. The van der Waals surface area contributed by atoms with Gasteiger partial charge in [0.1, 0.15) is 17.7 Å². The van der Waals surface area contributed by atoms with Crippen molar-refractivity contribution in [2.75, 3.05) is 0 Å². The lowest BCUT2D eigenvalue weighted by Crippen LogP contribution is -2.34. The smallest absolute Gasteiger partial charge is 0.322 e. The summed E-state index contributed by atoms with van der Waals surface area (Å²) in [7, 11) is 0. The van der Waals surface area contributed by atoms with Crippen LogP contribution in [0.25, 0.3) is 0 Å². The fraction of sp³-hybridized carbons (Fsp3) is 0.636. The fourth-order valence-electron chi connectivity index (χ4n) is 1.91. The zero-order chi connectivity index (χ0) is 13.5. The molecule has 7 heteroatoms. The van der Waals surface area contributed by atoms with E-state index in [0.29, 0.717) is 18.1 Å². The highest BCUT2D eigenvalue weighted by atomic mass is 16.2. The number of nitrogens with one attached hydrogen (secondary N) is 2. The molecule has 1 aromatic rings.